The third kappa shape index (κ3) is 6.60. The second-order valence-corrected chi connectivity index (χ2v) is 9.94. The Balaban J connectivity index is 2.17. The number of nitrogens with zero attached hydrogens (tertiary/aromatic N) is 1. The number of aromatic nitrogens is 1. The summed E-state index contributed by atoms with van der Waals surface area (Å²) < 4.78 is 44.8. The molecule has 36 heavy (non-hydrogen) atoms. The van der Waals surface area contributed by atoms with Crippen LogP contribution in [0, 0.1) is 11.3 Å². The van der Waals surface area contributed by atoms with Gasteiger partial charge in [-0.15, -0.1) is 0 Å². The number of carbonyl (C=O) groups is 3. The summed E-state index contributed by atoms with van der Waals surface area (Å²) in [5.41, 5.74) is 3.41. The molecule has 0 aliphatic carbocycles. The largest absolute Gasteiger partial charge is 0.465 e. The number of halogens is 3. The number of nitrogens with one attached hydrogen (secondary N) is 2. The molecular weight excluding hydrogens is 481 g/mol. The number of rotatable bonds is 11. The van der Waals surface area contributed by atoms with Crippen LogP contribution in [0.25, 0.3) is 0 Å². The zero-order valence-electron chi connectivity index (χ0n) is 20.9. The minimum Gasteiger partial charge on any atom is -0.465 e. The number of aliphatic hydroxyl groups is 1. The van der Waals surface area contributed by atoms with Crippen molar-refractivity contribution in [2.45, 2.75) is 76.9 Å². The maximum Gasteiger partial charge on any atom is 0.416 e. The van der Waals surface area contributed by atoms with Gasteiger partial charge < -0.3 is 20.9 Å². The molecule has 4 atom stereocenters. The van der Waals surface area contributed by atoms with Crippen molar-refractivity contribution in [2.75, 3.05) is 13.2 Å². The molecule has 0 aromatic carbocycles. The first-order valence-electron chi connectivity index (χ1n) is 11.8. The number of ketones is 1. The summed E-state index contributed by atoms with van der Waals surface area (Å²) in [4.78, 5) is 43.7. The number of amides is 1. The lowest BCUT2D eigenvalue weighted by Gasteiger charge is -2.37. The van der Waals surface area contributed by atoms with E-state index in [1.165, 1.54) is 27.7 Å². The molecule has 1 aromatic rings. The maximum absolute atomic E-state index is 13.5. The minimum absolute atomic E-state index is 0.00450. The van der Waals surface area contributed by atoms with Crippen LogP contribution in [0.5, 0.6) is 0 Å². The third-order valence-corrected chi connectivity index (χ3v) is 6.56. The van der Waals surface area contributed by atoms with Crippen molar-refractivity contribution >= 4 is 17.7 Å². The summed E-state index contributed by atoms with van der Waals surface area (Å²) >= 11 is 0. The summed E-state index contributed by atoms with van der Waals surface area (Å²) in [7, 11) is 0. The van der Waals surface area contributed by atoms with E-state index in [1.54, 1.807) is 24.4 Å². The minimum atomic E-state index is -4.97. The molecule has 1 fully saturated rings. The summed E-state index contributed by atoms with van der Waals surface area (Å²) in [6, 6.07) is 2.12. The topological polar surface area (TPSA) is 144 Å². The van der Waals surface area contributed by atoms with Crippen LogP contribution in [0.3, 0.4) is 0 Å². The Kier molecular flexibility index (Phi) is 9.60. The van der Waals surface area contributed by atoms with Gasteiger partial charge in [0.2, 0.25) is 5.91 Å². The van der Waals surface area contributed by atoms with Gasteiger partial charge in [0.15, 0.2) is 17.4 Å². The highest BCUT2D eigenvalue weighted by atomic mass is 19.4. The van der Waals surface area contributed by atoms with Gasteiger partial charge in [0.1, 0.15) is 0 Å². The Morgan fingerprint density at radius 3 is 2.44 bits per heavy atom. The van der Waals surface area contributed by atoms with Crippen LogP contribution in [-0.4, -0.2) is 70.8 Å². The van der Waals surface area contributed by atoms with Gasteiger partial charge in [-0.25, -0.2) is 0 Å². The monoisotopic (exact) mass is 516 g/mol. The van der Waals surface area contributed by atoms with Gasteiger partial charge in [-0.2, -0.15) is 13.2 Å². The van der Waals surface area contributed by atoms with E-state index in [0.717, 1.165) is 0 Å². The molecule has 0 spiro atoms. The molecule has 5 N–H and O–H groups in total. The average molecular weight is 517 g/mol. The molecule has 2 unspecified atom stereocenters. The zero-order chi connectivity index (χ0) is 27.3. The van der Waals surface area contributed by atoms with Crippen molar-refractivity contribution in [1.29, 1.82) is 0 Å². The highest BCUT2D eigenvalue weighted by molar-refractivity contribution is 6.14. The molecule has 1 aliphatic rings. The Bertz CT molecular complexity index is 918. The van der Waals surface area contributed by atoms with Crippen molar-refractivity contribution in [3.05, 3.63) is 30.1 Å². The van der Waals surface area contributed by atoms with Crippen LogP contribution < -0.4 is 16.4 Å². The third-order valence-electron chi connectivity index (χ3n) is 6.56. The number of nitrogens with two attached hydrogens (primary N) is 1. The molecule has 2 rings (SSSR count). The number of esters is 1. The van der Waals surface area contributed by atoms with E-state index < -0.39 is 58.9 Å². The normalized spacial score (nSPS) is 21.1. The summed E-state index contributed by atoms with van der Waals surface area (Å²) in [6.45, 7) is 5.87. The van der Waals surface area contributed by atoms with Crippen LogP contribution in [0.2, 0.25) is 0 Å². The first-order valence-corrected chi connectivity index (χ1v) is 11.8. The predicted octanol–water partition coefficient (Wildman–Crippen LogP) is 1.28. The van der Waals surface area contributed by atoms with E-state index in [-0.39, 0.29) is 19.6 Å². The lowest BCUT2D eigenvalue weighted by Crippen LogP contribution is -2.68. The molecular formula is C24H35F3N4O5. The van der Waals surface area contributed by atoms with Crippen LogP contribution in [0.4, 0.5) is 13.2 Å². The summed E-state index contributed by atoms with van der Waals surface area (Å²) in [5.74, 6) is -3.42. The van der Waals surface area contributed by atoms with Crippen molar-refractivity contribution < 1.29 is 37.4 Å². The summed E-state index contributed by atoms with van der Waals surface area (Å²) in [6.07, 6.45) is -5.49. The molecule has 1 aliphatic heterocycles. The van der Waals surface area contributed by atoms with Gasteiger partial charge in [-0.05, 0) is 51.3 Å². The highest BCUT2D eigenvalue weighted by Crippen LogP contribution is 2.31. The molecule has 2 heterocycles. The fraction of sp³-hybridized carbons (Fsp3) is 0.667. The summed E-state index contributed by atoms with van der Waals surface area (Å²) in [5, 5.41) is 14.8. The molecule has 1 saturated heterocycles. The Morgan fingerprint density at radius 2 is 1.94 bits per heavy atom. The molecule has 0 saturated carbocycles. The number of Topliss-reactive ketones (excluding diaryl/α,β-unsaturated/α-hetero) is 1. The number of ether oxygens (including phenoxy) is 1. The van der Waals surface area contributed by atoms with Crippen LogP contribution in [-0.2, 0) is 25.5 Å². The lowest BCUT2D eigenvalue weighted by molar-refractivity contribution is -0.215. The fourth-order valence-electron chi connectivity index (χ4n) is 4.05. The SMILES string of the molecule is CC(C)C(NC(=O)[C@@]1(C(=O)[C@@H](N)C(C)(C)C(=O)OCCc2ccccn2)CCCN1)C(O)C(F)(F)F. The molecule has 1 amide bonds. The van der Waals surface area contributed by atoms with Crippen molar-refractivity contribution in [3.8, 4) is 0 Å². The van der Waals surface area contributed by atoms with Crippen LogP contribution >= 0.6 is 0 Å². The molecule has 0 bridgehead atoms. The van der Waals surface area contributed by atoms with Crippen LogP contribution in [0.1, 0.15) is 46.2 Å². The zero-order valence-corrected chi connectivity index (χ0v) is 20.9. The first-order chi connectivity index (χ1) is 16.6. The van der Waals surface area contributed by atoms with Gasteiger partial charge in [0.05, 0.1) is 24.1 Å². The van der Waals surface area contributed by atoms with Gasteiger partial charge >= 0.3 is 12.1 Å². The quantitative estimate of drug-likeness (QED) is 0.254. The van der Waals surface area contributed by atoms with E-state index in [2.05, 4.69) is 15.6 Å². The smallest absolute Gasteiger partial charge is 0.416 e. The average Bonchev–Trinajstić information content (AvgIpc) is 3.32. The molecule has 12 heteroatoms. The molecule has 1 aromatic heterocycles. The second kappa shape index (κ2) is 11.7. The van der Waals surface area contributed by atoms with Crippen molar-refractivity contribution in [2.24, 2.45) is 17.1 Å². The maximum atomic E-state index is 13.5. The molecule has 202 valence electrons. The fourth-order valence-corrected chi connectivity index (χ4v) is 4.05. The second-order valence-electron chi connectivity index (χ2n) is 9.94. The Morgan fingerprint density at radius 1 is 1.28 bits per heavy atom. The van der Waals surface area contributed by atoms with E-state index in [1.807, 2.05) is 0 Å². The van der Waals surface area contributed by atoms with Gasteiger partial charge in [-0.1, -0.05) is 19.9 Å². The van der Waals surface area contributed by atoms with Crippen molar-refractivity contribution in [3.63, 3.8) is 0 Å². The van der Waals surface area contributed by atoms with E-state index in [9.17, 15) is 32.7 Å². The number of hydrogen-bond acceptors (Lipinski definition) is 8. The highest BCUT2D eigenvalue weighted by Gasteiger charge is 2.55. The van der Waals surface area contributed by atoms with Crippen molar-refractivity contribution in [1.82, 2.24) is 15.6 Å². The molecule has 0 radical (unpaired) electrons. The molecule has 9 nitrogen and oxygen atoms in total. The lowest BCUT2D eigenvalue weighted by atomic mass is 9.75. The first kappa shape index (κ1) is 29.7. The van der Waals surface area contributed by atoms with Gasteiger partial charge in [0, 0.05) is 18.3 Å². The number of alkyl halides is 3. The Labute approximate surface area is 208 Å². The van der Waals surface area contributed by atoms with Gasteiger partial charge in [0.25, 0.3) is 0 Å². The number of carbonyl (C=O) groups excluding carboxylic acids is 3. The number of pyridine rings is 1. The number of aliphatic hydroxyl groups excluding tert-OH is 1. The van der Waals surface area contributed by atoms with E-state index in [0.29, 0.717) is 18.5 Å². The Hall–Kier alpha value is -2.57. The van der Waals surface area contributed by atoms with Crippen LogP contribution in [0.15, 0.2) is 24.4 Å². The standard InChI is InChI=1S/C24H35F3N4O5/c1-14(2)16(18(32)24(25,26)27)31-20(34)23(10-7-12-30-23)19(33)17(28)22(3,4)21(35)36-13-9-15-8-5-6-11-29-15/h5-6,8,11,14,16-18,30,32H,7,9-10,12-13,28H2,1-4H3,(H,31,34)/t16?,17-,18?,23+/m1/s1. The predicted molar refractivity (Wildman–Crippen MR) is 124 cm³/mol. The number of hydrogen-bond donors (Lipinski definition) is 4. The van der Waals surface area contributed by atoms with E-state index in [4.69, 9.17) is 10.5 Å². The van der Waals surface area contributed by atoms with Gasteiger partial charge in [-0.3, -0.25) is 24.7 Å². The van der Waals surface area contributed by atoms with E-state index >= 15 is 0 Å².